The number of nitrogens with one attached hydrogen (secondary N) is 1. The second-order valence-corrected chi connectivity index (χ2v) is 3.55. The maximum atomic E-state index is 5.51. The van der Waals surface area contributed by atoms with Gasteiger partial charge in [-0.1, -0.05) is 12.2 Å². The van der Waals surface area contributed by atoms with Crippen molar-refractivity contribution < 1.29 is 9.47 Å². The Kier molecular flexibility index (Phi) is 4.34. The molecule has 0 bridgehead atoms. The van der Waals surface area contributed by atoms with Gasteiger partial charge in [-0.25, -0.2) is 5.43 Å². The fraction of sp³-hybridized carbons (Fsp3) is 0.333. The van der Waals surface area contributed by atoms with Crippen LogP contribution >= 0.6 is 0 Å². The minimum absolute atomic E-state index is 0.148. The minimum atomic E-state index is -0.148. The molecule has 0 aliphatic rings. The second kappa shape index (κ2) is 5.53. The number of ether oxygens (including phenoxy) is 2. The van der Waals surface area contributed by atoms with E-state index in [4.69, 9.17) is 15.3 Å². The van der Waals surface area contributed by atoms with Gasteiger partial charge in [0.15, 0.2) is 0 Å². The molecule has 1 aromatic carbocycles. The van der Waals surface area contributed by atoms with Crippen LogP contribution < -0.4 is 20.7 Å². The number of methoxy groups -OCH3 is 2. The van der Waals surface area contributed by atoms with E-state index in [2.05, 4.69) is 12.0 Å². The van der Waals surface area contributed by atoms with E-state index in [1.807, 2.05) is 25.1 Å². The molecule has 4 nitrogen and oxygen atoms in total. The zero-order chi connectivity index (χ0) is 12.1. The van der Waals surface area contributed by atoms with Gasteiger partial charge < -0.3 is 9.47 Å². The normalized spacial score (nSPS) is 12.0. The molecule has 0 aromatic heterocycles. The van der Waals surface area contributed by atoms with Gasteiger partial charge in [0.05, 0.1) is 20.3 Å². The molecule has 0 fully saturated rings. The summed E-state index contributed by atoms with van der Waals surface area (Å²) in [4.78, 5) is 0. The molecular weight excluding hydrogens is 204 g/mol. The lowest BCUT2D eigenvalue weighted by Gasteiger charge is -2.19. The molecule has 1 rings (SSSR count). The van der Waals surface area contributed by atoms with Gasteiger partial charge in [0.1, 0.15) is 11.5 Å². The molecule has 0 spiro atoms. The van der Waals surface area contributed by atoms with E-state index in [1.165, 1.54) is 0 Å². The smallest absolute Gasteiger partial charge is 0.124 e. The quantitative estimate of drug-likeness (QED) is 0.453. The molecule has 1 atom stereocenters. The third-order valence-electron chi connectivity index (χ3n) is 2.41. The lowest BCUT2D eigenvalue weighted by Crippen LogP contribution is -2.28. The second-order valence-electron chi connectivity index (χ2n) is 3.55. The average molecular weight is 222 g/mol. The van der Waals surface area contributed by atoms with E-state index in [-0.39, 0.29) is 6.04 Å². The summed E-state index contributed by atoms with van der Waals surface area (Å²) in [5, 5.41) is 0. The molecular formula is C12H18N2O2. The zero-order valence-corrected chi connectivity index (χ0v) is 9.91. The highest BCUT2D eigenvalue weighted by molar-refractivity contribution is 5.44. The van der Waals surface area contributed by atoms with E-state index in [0.29, 0.717) is 0 Å². The molecule has 4 heteroatoms. The van der Waals surface area contributed by atoms with Crippen molar-refractivity contribution in [3.63, 3.8) is 0 Å². The molecule has 1 unspecified atom stereocenters. The summed E-state index contributed by atoms with van der Waals surface area (Å²) in [6.45, 7) is 5.80. The molecule has 1 aromatic rings. The molecule has 0 radical (unpaired) electrons. The van der Waals surface area contributed by atoms with Crippen molar-refractivity contribution in [1.29, 1.82) is 0 Å². The van der Waals surface area contributed by atoms with Gasteiger partial charge in [0.25, 0.3) is 0 Å². The number of hydrogen-bond acceptors (Lipinski definition) is 4. The first-order valence-electron chi connectivity index (χ1n) is 4.97. The Morgan fingerprint density at radius 2 is 2.06 bits per heavy atom. The van der Waals surface area contributed by atoms with E-state index < -0.39 is 0 Å². The largest absolute Gasteiger partial charge is 0.497 e. The third-order valence-corrected chi connectivity index (χ3v) is 2.41. The SMILES string of the molecule is C=C(C)C(NN)c1cc(OC)ccc1OC. The maximum Gasteiger partial charge on any atom is 0.124 e. The highest BCUT2D eigenvalue weighted by Gasteiger charge is 2.16. The summed E-state index contributed by atoms with van der Waals surface area (Å²) in [6, 6.07) is 5.43. The van der Waals surface area contributed by atoms with Crippen LogP contribution in [0.2, 0.25) is 0 Å². The number of benzene rings is 1. The van der Waals surface area contributed by atoms with Crippen molar-refractivity contribution in [3.8, 4) is 11.5 Å². The van der Waals surface area contributed by atoms with Crippen LogP contribution in [0.1, 0.15) is 18.5 Å². The summed E-state index contributed by atoms with van der Waals surface area (Å²) < 4.78 is 10.5. The molecule has 0 aliphatic carbocycles. The zero-order valence-electron chi connectivity index (χ0n) is 9.91. The lowest BCUT2D eigenvalue weighted by atomic mass is 10.0. The molecule has 0 heterocycles. The van der Waals surface area contributed by atoms with Gasteiger partial charge in [-0.3, -0.25) is 5.84 Å². The Morgan fingerprint density at radius 3 is 2.50 bits per heavy atom. The van der Waals surface area contributed by atoms with Crippen LogP contribution in [0.3, 0.4) is 0 Å². The topological polar surface area (TPSA) is 56.5 Å². The molecule has 0 aliphatic heterocycles. The van der Waals surface area contributed by atoms with Crippen LogP contribution in [0.5, 0.6) is 11.5 Å². The number of hydrazine groups is 1. The van der Waals surface area contributed by atoms with Crippen LogP contribution in [-0.2, 0) is 0 Å². The van der Waals surface area contributed by atoms with Crippen molar-refractivity contribution in [2.75, 3.05) is 14.2 Å². The van der Waals surface area contributed by atoms with E-state index in [1.54, 1.807) is 14.2 Å². The van der Waals surface area contributed by atoms with Gasteiger partial charge in [-0.15, -0.1) is 0 Å². The van der Waals surface area contributed by atoms with Crippen molar-refractivity contribution in [2.24, 2.45) is 5.84 Å². The van der Waals surface area contributed by atoms with Crippen LogP contribution in [0.15, 0.2) is 30.4 Å². The monoisotopic (exact) mass is 222 g/mol. The number of hydrogen-bond donors (Lipinski definition) is 2. The average Bonchev–Trinajstić information content (AvgIpc) is 2.29. The molecule has 0 saturated carbocycles. The molecule has 16 heavy (non-hydrogen) atoms. The van der Waals surface area contributed by atoms with Gasteiger partial charge in [-0.05, 0) is 25.1 Å². The predicted molar refractivity (Wildman–Crippen MR) is 64.4 cm³/mol. The third kappa shape index (κ3) is 2.53. The first kappa shape index (κ1) is 12.5. The number of nitrogens with two attached hydrogens (primary N) is 1. The Balaban J connectivity index is 3.21. The maximum absolute atomic E-state index is 5.51. The van der Waals surface area contributed by atoms with Crippen molar-refractivity contribution in [1.82, 2.24) is 5.43 Å². The molecule has 0 amide bonds. The van der Waals surface area contributed by atoms with Crippen molar-refractivity contribution in [3.05, 3.63) is 35.9 Å². The van der Waals surface area contributed by atoms with Crippen molar-refractivity contribution >= 4 is 0 Å². The summed E-state index contributed by atoms with van der Waals surface area (Å²) in [5.74, 6) is 7.03. The van der Waals surface area contributed by atoms with Crippen LogP contribution in [-0.4, -0.2) is 14.2 Å². The van der Waals surface area contributed by atoms with Gasteiger partial charge in [0, 0.05) is 5.56 Å². The van der Waals surface area contributed by atoms with Gasteiger partial charge >= 0.3 is 0 Å². The first-order chi connectivity index (χ1) is 7.63. The van der Waals surface area contributed by atoms with Crippen molar-refractivity contribution in [2.45, 2.75) is 13.0 Å². The van der Waals surface area contributed by atoms with Crippen LogP contribution in [0, 0.1) is 0 Å². The summed E-state index contributed by atoms with van der Waals surface area (Å²) in [7, 11) is 3.24. The van der Waals surface area contributed by atoms with E-state index in [0.717, 1.165) is 22.6 Å². The van der Waals surface area contributed by atoms with Gasteiger partial charge in [-0.2, -0.15) is 0 Å². The fourth-order valence-corrected chi connectivity index (χ4v) is 1.56. The lowest BCUT2D eigenvalue weighted by molar-refractivity contribution is 0.393. The Labute approximate surface area is 96.0 Å². The fourth-order valence-electron chi connectivity index (χ4n) is 1.56. The Bertz CT molecular complexity index is 377. The molecule has 88 valence electrons. The summed E-state index contributed by atoms with van der Waals surface area (Å²) in [6.07, 6.45) is 0. The van der Waals surface area contributed by atoms with E-state index >= 15 is 0 Å². The van der Waals surface area contributed by atoms with E-state index in [9.17, 15) is 0 Å². The minimum Gasteiger partial charge on any atom is -0.497 e. The Hall–Kier alpha value is -1.52. The molecule has 3 N–H and O–H groups in total. The predicted octanol–water partition coefficient (Wildman–Crippen LogP) is 1.78. The number of rotatable bonds is 5. The standard InChI is InChI=1S/C12H18N2O2/c1-8(2)12(14-13)10-7-9(15-3)5-6-11(10)16-4/h5-7,12,14H,1,13H2,2-4H3. The van der Waals surface area contributed by atoms with Crippen LogP contribution in [0.4, 0.5) is 0 Å². The summed E-state index contributed by atoms with van der Waals surface area (Å²) >= 11 is 0. The van der Waals surface area contributed by atoms with Crippen LogP contribution in [0.25, 0.3) is 0 Å². The molecule has 0 saturated heterocycles. The Morgan fingerprint density at radius 1 is 1.38 bits per heavy atom. The highest BCUT2D eigenvalue weighted by atomic mass is 16.5. The first-order valence-corrected chi connectivity index (χ1v) is 4.97. The highest BCUT2D eigenvalue weighted by Crippen LogP contribution is 2.31. The van der Waals surface area contributed by atoms with Gasteiger partial charge in [0.2, 0.25) is 0 Å². The summed E-state index contributed by atoms with van der Waals surface area (Å²) in [5.41, 5.74) is 4.53.